The Morgan fingerprint density at radius 1 is 1.45 bits per heavy atom. The monoisotopic (exact) mass is 190 g/mol. The predicted molar refractivity (Wildman–Crippen MR) is 42.8 cm³/mol. The molecular formula is C6H4Cl2N2O. The second-order valence-corrected chi connectivity index (χ2v) is 2.62. The van der Waals surface area contributed by atoms with Crippen LogP contribution in [-0.4, -0.2) is 10.9 Å². The second kappa shape index (κ2) is 3.07. The summed E-state index contributed by atoms with van der Waals surface area (Å²) in [6.07, 6.45) is 0. The number of nitrogens with zero attached hydrogens (tertiary/aromatic N) is 1. The number of aromatic nitrogens is 1. The van der Waals surface area contributed by atoms with Crippen molar-refractivity contribution < 1.29 is 4.79 Å². The summed E-state index contributed by atoms with van der Waals surface area (Å²) in [6, 6.07) is 2.95. The SMILES string of the molecule is NC(=O)c1nc(Cl)ccc1Cl. The molecule has 0 unspecified atom stereocenters. The van der Waals surface area contributed by atoms with E-state index in [0.717, 1.165) is 0 Å². The van der Waals surface area contributed by atoms with Crippen LogP contribution in [0.25, 0.3) is 0 Å². The normalized spacial score (nSPS) is 9.64. The van der Waals surface area contributed by atoms with Crippen molar-refractivity contribution in [2.45, 2.75) is 0 Å². The Balaban J connectivity index is 3.23. The highest BCUT2D eigenvalue weighted by Gasteiger charge is 2.07. The van der Waals surface area contributed by atoms with Gasteiger partial charge in [-0.3, -0.25) is 4.79 Å². The van der Waals surface area contributed by atoms with Gasteiger partial charge in [0.1, 0.15) is 10.8 Å². The Labute approximate surface area is 73.1 Å². The Morgan fingerprint density at radius 3 is 2.55 bits per heavy atom. The highest BCUT2D eigenvalue weighted by molar-refractivity contribution is 6.34. The number of carbonyl (C=O) groups excluding carboxylic acids is 1. The Kier molecular flexibility index (Phi) is 2.31. The van der Waals surface area contributed by atoms with Gasteiger partial charge in [-0.05, 0) is 12.1 Å². The van der Waals surface area contributed by atoms with Crippen molar-refractivity contribution in [2.24, 2.45) is 5.73 Å². The molecule has 5 heteroatoms. The number of hydrogen-bond acceptors (Lipinski definition) is 2. The molecule has 1 heterocycles. The van der Waals surface area contributed by atoms with E-state index in [9.17, 15) is 4.79 Å². The maximum atomic E-state index is 10.6. The van der Waals surface area contributed by atoms with Gasteiger partial charge in [0.2, 0.25) is 0 Å². The molecule has 0 saturated heterocycles. The number of pyridine rings is 1. The maximum absolute atomic E-state index is 10.6. The quantitative estimate of drug-likeness (QED) is 0.683. The fourth-order valence-corrected chi connectivity index (χ4v) is 0.937. The molecule has 58 valence electrons. The predicted octanol–water partition coefficient (Wildman–Crippen LogP) is 1.49. The molecule has 0 aromatic carbocycles. The maximum Gasteiger partial charge on any atom is 0.268 e. The summed E-state index contributed by atoms with van der Waals surface area (Å²) in [5.74, 6) is -0.683. The highest BCUT2D eigenvalue weighted by atomic mass is 35.5. The van der Waals surface area contributed by atoms with Gasteiger partial charge in [-0.1, -0.05) is 23.2 Å². The zero-order valence-corrected chi connectivity index (χ0v) is 6.86. The summed E-state index contributed by atoms with van der Waals surface area (Å²) in [4.78, 5) is 14.2. The van der Waals surface area contributed by atoms with Crippen molar-refractivity contribution in [1.82, 2.24) is 4.98 Å². The molecule has 0 aliphatic heterocycles. The molecule has 3 nitrogen and oxygen atoms in total. The minimum Gasteiger partial charge on any atom is -0.364 e. The molecule has 11 heavy (non-hydrogen) atoms. The van der Waals surface area contributed by atoms with Crippen LogP contribution in [0.1, 0.15) is 10.5 Å². The Bertz CT molecular complexity index is 301. The van der Waals surface area contributed by atoms with Gasteiger partial charge in [-0.2, -0.15) is 0 Å². The number of primary amides is 1. The van der Waals surface area contributed by atoms with Gasteiger partial charge < -0.3 is 5.73 Å². The molecule has 1 rings (SSSR count). The van der Waals surface area contributed by atoms with Crippen molar-refractivity contribution in [2.75, 3.05) is 0 Å². The van der Waals surface area contributed by atoms with E-state index in [4.69, 9.17) is 28.9 Å². The average Bonchev–Trinajstić information content (AvgIpc) is 1.94. The minimum absolute atomic E-state index is 0.000772. The molecule has 1 amide bonds. The molecule has 2 N–H and O–H groups in total. The Morgan fingerprint density at radius 2 is 2.09 bits per heavy atom. The molecular weight excluding hydrogens is 187 g/mol. The fourth-order valence-electron chi connectivity index (χ4n) is 0.591. The van der Waals surface area contributed by atoms with Crippen LogP contribution in [0.2, 0.25) is 10.2 Å². The molecule has 1 aromatic rings. The topological polar surface area (TPSA) is 56.0 Å². The van der Waals surface area contributed by atoms with Gasteiger partial charge >= 0.3 is 0 Å². The summed E-state index contributed by atoms with van der Waals surface area (Å²) in [5, 5.41) is 0.408. The van der Waals surface area contributed by atoms with E-state index in [2.05, 4.69) is 4.98 Å². The third kappa shape index (κ3) is 1.82. The van der Waals surface area contributed by atoms with Crippen LogP contribution in [0, 0.1) is 0 Å². The van der Waals surface area contributed by atoms with Crippen molar-refractivity contribution in [1.29, 1.82) is 0 Å². The van der Waals surface area contributed by atoms with Crippen molar-refractivity contribution in [3.63, 3.8) is 0 Å². The van der Waals surface area contributed by atoms with Crippen LogP contribution in [-0.2, 0) is 0 Å². The molecule has 0 fully saturated rings. The number of amides is 1. The number of rotatable bonds is 1. The molecule has 0 aliphatic rings. The van der Waals surface area contributed by atoms with Crippen LogP contribution in [0.15, 0.2) is 12.1 Å². The zero-order chi connectivity index (χ0) is 8.43. The van der Waals surface area contributed by atoms with E-state index in [1.807, 2.05) is 0 Å². The summed E-state index contributed by atoms with van der Waals surface area (Å²) in [5.41, 5.74) is 4.94. The van der Waals surface area contributed by atoms with Crippen LogP contribution in [0.5, 0.6) is 0 Å². The van der Waals surface area contributed by atoms with Crippen LogP contribution in [0.4, 0.5) is 0 Å². The molecule has 0 radical (unpaired) electrons. The summed E-state index contributed by atoms with van der Waals surface area (Å²) >= 11 is 11.1. The van der Waals surface area contributed by atoms with Crippen molar-refractivity contribution in [3.8, 4) is 0 Å². The van der Waals surface area contributed by atoms with Gasteiger partial charge in [0.15, 0.2) is 0 Å². The lowest BCUT2D eigenvalue weighted by Crippen LogP contribution is -2.13. The smallest absolute Gasteiger partial charge is 0.268 e. The highest BCUT2D eigenvalue weighted by Crippen LogP contribution is 2.15. The molecule has 1 aromatic heterocycles. The van der Waals surface area contributed by atoms with E-state index >= 15 is 0 Å². The summed E-state index contributed by atoms with van der Waals surface area (Å²) in [6.45, 7) is 0. The van der Waals surface area contributed by atoms with E-state index in [1.165, 1.54) is 12.1 Å². The first-order valence-electron chi connectivity index (χ1n) is 2.73. The summed E-state index contributed by atoms with van der Waals surface area (Å²) < 4.78 is 0. The first kappa shape index (κ1) is 8.30. The molecule has 0 bridgehead atoms. The third-order valence-electron chi connectivity index (χ3n) is 1.05. The van der Waals surface area contributed by atoms with Gasteiger partial charge in [-0.15, -0.1) is 0 Å². The zero-order valence-electron chi connectivity index (χ0n) is 5.34. The molecule has 0 saturated carbocycles. The van der Waals surface area contributed by atoms with E-state index < -0.39 is 5.91 Å². The second-order valence-electron chi connectivity index (χ2n) is 1.83. The third-order valence-corrected chi connectivity index (χ3v) is 1.56. The first-order chi connectivity index (χ1) is 5.11. The van der Waals surface area contributed by atoms with E-state index in [-0.39, 0.29) is 15.9 Å². The van der Waals surface area contributed by atoms with E-state index in [0.29, 0.717) is 0 Å². The van der Waals surface area contributed by atoms with Crippen LogP contribution >= 0.6 is 23.2 Å². The number of hydrogen-bond donors (Lipinski definition) is 1. The number of nitrogens with two attached hydrogens (primary N) is 1. The van der Waals surface area contributed by atoms with Crippen molar-refractivity contribution >= 4 is 29.1 Å². The van der Waals surface area contributed by atoms with Gasteiger partial charge in [0.05, 0.1) is 5.02 Å². The van der Waals surface area contributed by atoms with Crippen LogP contribution < -0.4 is 5.73 Å². The average molecular weight is 191 g/mol. The van der Waals surface area contributed by atoms with Crippen LogP contribution in [0.3, 0.4) is 0 Å². The fraction of sp³-hybridized carbons (Fsp3) is 0. The Hall–Kier alpha value is -0.800. The summed E-state index contributed by atoms with van der Waals surface area (Å²) in [7, 11) is 0. The molecule has 0 aliphatic carbocycles. The molecule has 0 spiro atoms. The first-order valence-corrected chi connectivity index (χ1v) is 3.48. The lowest BCUT2D eigenvalue weighted by atomic mass is 10.3. The molecule has 0 atom stereocenters. The lowest BCUT2D eigenvalue weighted by Gasteiger charge is -1.97. The van der Waals surface area contributed by atoms with Gasteiger partial charge in [0.25, 0.3) is 5.91 Å². The number of carbonyl (C=O) groups is 1. The van der Waals surface area contributed by atoms with Crippen molar-refractivity contribution in [3.05, 3.63) is 28.0 Å². The number of halogens is 2. The minimum atomic E-state index is -0.683. The standard InChI is InChI=1S/C6H4Cl2N2O/c7-3-1-2-4(8)10-5(3)6(9)11/h1-2H,(H2,9,11). The van der Waals surface area contributed by atoms with Gasteiger partial charge in [0, 0.05) is 0 Å². The van der Waals surface area contributed by atoms with E-state index in [1.54, 1.807) is 0 Å². The largest absolute Gasteiger partial charge is 0.364 e. The van der Waals surface area contributed by atoms with Gasteiger partial charge in [-0.25, -0.2) is 4.98 Å². The lowest BCUT2D eigenvalue weighted by molar-refractivity contribution is 0.0996.